The van der Waals surface area contributed by atoms with Crippen molar-refractivity contribution in [1.82, 2.24) is 10.2 Å². The highest BCUT2D eigenvalue weighted by atomic mass is 79.9. The van der Waals surface area contributed by atoms with Gasteiger partial charge in [0.2, 0.25) is 5.13 Å². The highest BCUT2D eigenvalue weighted by molar-refractivity contribution is 9.11. The molecule has 0 saturated heterocycles. The molecule has 0 saturated carbocycles. The van der Waals surface area contributed by atoms with Crippen LogP contribution in [0.5, 0.6) is 0 Å². The third-order valence-corrected chi connectivity index (χ3v) is 5.86. The number of nitrogens with one attached hydrogen (secondary N) is 2. The average molecular weight is 578 g/mol. The summed E-state index contributed by atoms with van der Waals surface area (Å²) in [4.78, 5) is 22.1. The third kappa shape index (κ3) is 8.45. The van der Waals surface area contributed by atoms with E-state index in [-0.39, 0.29) is 11.9 Å². The van der Waals surface area contributed by atoms with Crippen molar-refractivity contribution < 1.29 is 24.2 Å². The number of ether oxygens (including phenoxy) is 2. The number of carbonyl (C=O) groups is 2. The summed E-state index contributed by atoms with van der Waals surface area (Å²) in [6.07, 6.45) is -1.14. The van der Waals surface area contributed by atoms with Crippen molar-refractivity contribution in [2.24, 2.45) is 0 Å². The predicted molar refractivity (Wildman–Crippen MR) is 132 cm³/mol. The Morgan fingerprint density at radius 3 is 2.55 bits per heavy atom. The Morgan fingerprint density at radius 2 is 1.91 bits per heavy atom. The minimum absolute atomic E-state index is 0.0877. The summed E-state index contributed by atoms with van der Waals surface area (Å²) < 4.78 is 10.6. The molecule has 3 aromatic rings. The molecule has 0 spiro atoms. The monoisotopic (exact) mass is 576 g/mol. The number of aromatic nitrogens is 2. The van der Waals surface area contributed by atoms with Crippen LogP contribution in [-0.2, 0) is 9.47 Å². The molecule has 0 bridgehead atoms. The van der Waals surface area contributed by atoms with Crippen LogP contribution in [0.4, 0.5) is 21.3 Å². The van der Waals surface area contributed by atoms with E-state index >= 15 is 0 Å². The number of nitrogens with zero attached hydrogens (tertiary/aromatic N) is 2. The lowest BCUT2D eigenvalue weighted by molar-refractivity contribution is -0.0273. The number of hydrogen-bond acceptors (Lipinski definition) is 8. The van der Waals surface area contributed by atoms with Crippen molar-refractivity contribution in [3.8, 4) is 0 Å². The normalized spacial score (nSPS) is 10.1. The largest absolute Gasteiger partial charge is 0.465 e. The topological polar surface area (TPSA) is 123 Å². The zero-order chi connectivity index (χ0) is 24.4. The van der Waals surface area contributed by atoms with Crippen molar-refractivity contribution in [3.05, 3.63) is 61.5 Å². The van der Waals surface area contributed by atoms with E-state index in [2.05, 4.69) is 36.8 Å². The minimum Gasteiger partial charge on any atom is -0.465 e. The SMILES string of the molecule is CCOCOC(=O)c1ccccc1Nc1c(Cl)ccc(C)c1Cl.O=C(O)Nc1nnc(Br)s1. The molecule has 2 aromatic carbocycles. The van der Waals surface area contributed by atoms with Crippen molar-refractivity contribution in [2.45, 2.75) is 13.8 Å². The maximum atomic E-state index is 12.2. The number of carbonyl (C=O) groups excluding carboxylic acids is 1. The highest BCUT2D eigenvalue weighted by Crippen LogP contribution is 2.36. The van der Waals surface area contributed by atoms with Crippen LogP contribution in [0.1, 0.15) is 22.8 Å². The molecule has 1 aromatic heterocycles. The lowest BCUT2D eigenvalue weighted by atomic mass is 10.1. The predicted octanol–water partition coefficient (Wildman–Crippen LogP) is 6.59. The molecule has 1 heterocycles. The highest BCUT2D eigenvalue weighted by Gasteiger charge is 2.15. The quantitative estimate of drug-likeness (QED) is 0.163. The Labute approximate surface area is 212 Å². The molecule has 176 valence electrons. The van der Waals surface area contributed by atoms with Crippen LogP contribution in [0.25, 0.3) is 0 Å². The van der Waals surface area contributed by atoms with E-state index in [9.17, 15) is 9.59 Å². The van der Waals surface area contributed by atoms with Crippen LogP contribution in [0.15, 0.2) is 40.3 Å². The number of amides is 1. The number of anilines is 3. The van der Waals surface area contributed by atoms with E-state index in [1.807, 2.05) is 19.9 Å². The van der Waals surface area contributed by atoms with Gasteiger partial charge in [-0.1, -0.05) is 52.7 Å². The maximum Gasteiger partial charge on any atom is 0.411 e. The molecule has 0 fully saturated rings. The van der Waals surface area contributed by atoms with Gasteiger partial charge in [0, 0.05) is 6.61 Å². The third-order valence-electron chi connectivity index (χ3n) is 3.78. The first kappa shape index (κ1) is 26.8. The van der Waals surface area contributed by atoms with Gasteiger partial charge >= 0.3 is 12.1 Å². The first-order valence-electron chi connectivity index (χ1n) is 9.27. The van der Waals surface area contributed by atoms with Crippen LogP contribution >= 0.6 is 50.5 Å². The van der Waals surface area contributed by atoms with E-state index < -0.39 is 12.1 Å². The molecule has 0 radical (unpaired) electrons. The van der Waals surface area contributed by atoms with Gasteiger partial charge in [-0.2, -0.15) is 0 Å². The van der Waals surface area contributed by atoms with Crippen molar-refractivity contribution in [3.63, 3.8) is 0 Å². The fourth-order valence-corrected chi connectivity index (χ4v) is 3.75. The lowest BCUT2D eigenvalue weighted by Crippen LogP contribution is -2.11. The number of aryl methyl sites for hydroxylation is 1. The molecule has 0 atom stereocenters. The number of hydrogen-bond donors (Lipinski definition) is 3. The van der Waals surface area contributed by atoms with Gasteiger partial charge in [0.15, 0.2) is 10.7 Å². The van der Waals surface area contributed by atoms with Gasteiger partial charge in [0.1, 0.15) is 0 Å². The smallest absolute Gasteiger partial charge is 0.411 e. The molecule has 33 heavy (non-hydrogen) atoms. The van der Waals surface area contributed by atoms with Crippen molar-refractivity contribution in [2.75, 3.05) is 24.0 Å². The molecule has 13 heteroatoms. The number of benzene rings is 2. The van der Waals surface area contributed by atoms with Gasteiger partial charge in [0.25, 0.3) is 0 Å². The van der Waals surface area contributed by atoms with Crippen LogP contribution in [0, 0.1) is 6.92 Å². The second-order valence-corrected chi connectivity index (χ2v) is 9.10. The van der Waals surface area contributed by atoms with Crippen LogP contribution in [-0.4, -0.2) is 40.8 Å². The summed E-state index contributed by atoms with van der Waals surface area (Å²) in [7, 11) is 0. The molecule has 3 N–H and O–H groups in total. The first-order chi connectivity index (χ1) is 15.7. The van der Waals surface area contributed by atoms with E-state index in [0.717, 1.165) is 16.9 Å². The molecule has 9 nitrogen and oxygen atoms in total. The Bertz CT molecular complexity index is 1120. The Kier molecular flexibility index (Phi) is 10.8. The molecular formula is C20H19BrCl2N4O5S. The van der Waals surface area contributed by atoms with Crippen LogP contribution in [0.3, 0.4) is 0 Å². The Hall–Kier alpha value is -2.44. The van der Waals surface area contributed by atoms with Gasteiger partial charge in [-0.3, -0.25) is 5.32 Å². The fourth-order valence-electron chi connectivity index (χ4n) is 2.28. The van der Waals surface area contributed by atoms with Gasteiger partial charge in [0.05, 0.1) is 27.0 Å². The van der Waals surface area contributed by atoms with Crippen molar-refractivity contribution in [1.29, 1.82) is 0 Å². The molecule has 0 aliphatic carbocycles. The standard InChI is InChI=1S/C17H17Cl2NO3.C3H2BrN3O2S/c1-3-22-10-23-17(21)12-6-4-5-7-14(12)20-16-13(18)9-8-11(2)15(16)19;4-1-6-7-2(10-1)5-3(8)9/h4-9,20H,3,10H2,1-2H3;(H,5,7)(H,8,9). The zero-order valence-electron chi connectivity index (χ0n) is 17.4. The second-order valence-electron chi connectivity index (χ2n) is 6.06. The van der Waals surface area contributed by atoms with E-state index in [1.165, 1.54) is 0 Å². The second kappa shape index (κ2) is 13.3. The fraction of sp³-hybridized carbons (Fsp3) is 0.200. The summed E-state index contributed by atoms with van der Waals surface area (Å²) in [5.74, 6) is -0.485. The molecule has 3 rings (SSSR count). The number of rotatable bonds is 7. The van der Waals surface area contributed by atoms with Gasteiger partial charge < -0.3 is 19.9 Å². The minimum atomic E-state index is -1.14. The summed E-state index contributed by atoms with van der Waals surface area (Å²) in [6, 6.07) is 10.6. The first-order valence-corrected chi connectivity index (χ1v) is 11.6. The van der Waals surface area contributed by atoms with E-state index in [4.69, 9.17) is 37.8 Å². The number of para-hydroxylation sites is 1. The Balaban J connectivity index is 0.000000321. The molecule has 0 unspecified atom stereocenters. The number of carboxylic acid groups (broad SMARTS) is 1. The Morgan fingerprint density at radius 1 is 1.18 bits per heavy atom. The molecule has 1 amide bonds. The van der Waals surface area contributed by atoms with E-state index in [0.29, 0.717) is 37.5 Å². The van der Waals surface area contributed by atoms with Gasteiger partial charge in [-0.05, 0) is 53.5 Å². The van der Waals surface area contributed by atoms with Gasteiger partial charge in [-0.15, -0.1) is 10.2 Å². The zero-order valence-corrected chi connectivity index (χ0v) is 21.3. The molecule has 0 aliphatic heterocycles. The lowest BCUT2D eigenvalue weighted by Gasteiger charge is -2.15. The van der Waals surface area contributed by atoms with Gasteiger partial charge in [-0.25, -0.2) is 9.59 Å². The molecule has 0 aliphatic rings. The summed E-state index contributed by atoms with van der Waals surface area (Å²) >= 11 is 16.7. The summed E-state index contributed by atoms with van der Waals surface area (Å²) in [6.45, 7) is 4.09. The van der Waals surface area contributed by atoms with E-state index in [1.54, 1.807) is 30.3 Å². The van der Waals surface area contributed by atoms with Crippen molar-refractivity contribution >= 4 is 79.0 Å². The number of esters is 1. The number of halogens is 3. The summed E-state index contributed by atoms with van der Waals surface area (Å²) in [5, 5.41) is 21.6. The summed E-state index contributed by atoms with van der Waals surface area (Å²) in [5.41, 5.74) is 2.37. The van der Waals surface area contributed by atoms with Crippen LogP contribution < -0.4 is 10.6 Å². The molecular weight excluding hydrogens is 559 g/mol. The van der Waals surface area contributed by atoms with Crippen LogP contribution in [0.2, 0.25) is 10.0 Å². The average Bonchev–Trinajstić information content (AvgIpc) is 3.18. The maximum absolute atomic E-state index is 12.2.